The molecule has 1 heterocycles. The third-order valence-corrected chi connectivity index (χ3v) is 3.92. The van der Waals surface area contributed by atoms with Crippen molar-refractivity contribution in [3.8, 4) is 5.75 Å². The largest absolute Gasteiger partial charge is 0.508 e. The van der Waals surface area contributed by atoms with Gasteiger partial charge in [0, 0.05) is 0 Å². The maximum atomic E-state index is 10.3. The Morgan fingerprint density at radius 1 is 1.00 bits per heavy atom. The molecule has 1 saturated heterocycles. The molecule has 1 fully saturated rings. The minimum absolute atomic E-state index is 0.00125. The minimum Gasteiger partial charge on any atom is -0.508 e. The lowest BCUT2D eigenvalue weighted by molar-refractivity contribution is -0.319. The van der Waals surface area contributed by atoms with Gasteiger partial charge in [-0.15, -0.1) is 0 Å². The molecule has 9 heteroatoms. The number of hydrogen-bond acceptors (Lipinski definition) is 9. The van der Waals surface area contributed by atoms with E-state index in [1.54, 1.807) is 0 Å². The van der Waals surface area contributed by atoms with Gasteiger partial charge in [0.15, 0.2) is 6.29 Å². The first kappa shape index (κ1) is 19.0. The fourth-order valence-electron chi connectivity index (χ4n) is 2.46. The first-order valence-corrected chi connectivity index (χ1v) is 7.42. The quantitative estimate of drug-likeness (QED) is 0.298. The van der Waals surface area contributed by atoms with Crippen molar-refractivity contribution in [1.82, 2.24) is 0 Å². The summed E-state index contributed by atoms with van der Waals surface area (Å²) in [6.07, 6.45) is -9.92. The fraction of sp³-hybridized carbons (Fsp3) is 0.600. The van der Waals surface area contributed by atoms with Gasteiger partial charge in [-0.2, -0.15) is 0 Å². The Bertz CT molecular complexity index is 506. The molecule has 0 saturated carbocycles. The summed E-state index contributed by atoms with van der Waals surface area (Å²) in [5.41, 5.74) is 0.344. The first-order valence-electron chi connectivity index (χ1n) is 7.42. The smallest absolute Gasteiger partial charge is 0.187 e. The maximum absolute atomic E-state index is 10.3. The normalized spacial score (nSPS) is 33.2. The highest BCUT2D eigenvalue weighted by atomic mass is 16.7. The Balaban J connectivity index is 2.09. The van der Waals surface area contributed by atoms with Crippen molar-refractivity contribution in [2.24, 2.45) is 0 Å². The van der Waals surface area contributed by atoms with E-state index in [1.807, 2.05) is 0 Å². The van der Waals surface area contributed by atoms with Crippen LogP contribution in [0.15, 0.2) is 24.3 Å². The van der Waals surface area contributed by atoms with Gasteiger partial charge < -0.3 is 45.2 Å². The van der Waals surface area contributed by atoms with Crippen molar-refractivity contribution in [1.29, 1.82) is 0 Å². The van der Waals surface area contributed by atoms with E-state index in [0.717, 1.165) is 0 Å². The second kappa shape index (κ2) is 8.19. The highest BCUT2D eigenvalue weighted by Gasteiger charge is 2.45. The van der Waals surface area contributed by atoms with Gasteiger partial charge in [0.2, 0.25) is 0 Å². The van der Waals surface area contributed by atoms with Crippen LogP contribution in [-0.2, 0) is 9.47 Å². The Labute approximate surface area is 137 Å². The Morgan fingerprint density at radius 3 is 2.17 bits per heavy atom. The lowest BCUT2D eigenvalue weighted by Gasteiger charge is -2.41. The Kier molecular flexibility index (Phi) is 6.49. The van der Waals surface area contributed by atoms with Crippen molar-refractivity contribution in [3.63, 3.8) is 0 Å². The summed E-state index contributed by atoms with van der Waals surface area (Å²) in [6.45, 7) is -1.24. The van der Waals surface area contributed by atoms with E-state index in [0.29, 0.717) is 5.56 Å². The van der Waals surface area contributed by atoms with Crippen molar-refractivity contribution in [2.45, 2.75) is 42.9 Å². The highest BCUT2D eigenvalue weighted by Crippen LogP contribution is 2.27. The molecule has 0 radical (unpaired) electrons. The minimum atomic E-state index is -1.64. The van der Waals surface area contributed by atoms with Crippen LogP contribution >= 0.6 is 0 Å². The fourth-order valence-corrected chi connectivity index (χ4v) is 2.46. The molecule has 1 aromatic rings. The summed E-state index contributed by atoms with van der Waals surface area (Å²) in [6, 6.07) is 5.56. The molecular weight excluding hydrogens is 324 g/mol. The zero-order valence-electron chi connectivity index (χ0n) is 12.7. The molecule has 0 aromatic heterocycles. The average Bonchev–Trinajstić information content (AvgIpc) is 2.59. The summed E-state index contributed by atoms with van der Waals surface area (Å²) in [5, 5.41) is 67.4. The molecule has 9 nitrogen and oxygen atoms in total. The lowest BCUT2D eigenvalue weighted by atomic mass is 9.99. The third-order valence-electron chi connectivity index (χ3n) is 3.92. The van der Waals surface area contributed by atoms with Gasteiger partial charge in [0.05, 0.1) is 13.2 Å². The summed E-state index contributed by atoms with van der Waals surface area (Å²) in [5.74, 6) is 0.00125. The molecule has 136 valence electrons. The number of phenolic OH excluding ortho intramolecular Hbond substituents is 1. The van der Waals surface area contributed by atoms with E-state index >= 15 is 0 Å². The molecule has 7 unspecified atom stereocenters. The maximum Gasteiger partial charge on any atom is 0.187 e. The van der Waals surface area contributed by atoms with Crippen LogP contribution in [0.5, 0.6) is 5.75 Å². The van der Waals surface area contributed by atoms with Crippen molar-refractivity contribution < 1.29 is 45.2 Å². The molecule has 0 bridgehead atoms. The zero-order chi connectivity index (χ0) is 17.9. The molecule has 1 aliphatic rings. The number of phenols is 1. The molecule has 7 N–H and O–H groups in total. The summed E-state index contributed by atoms with van der Waals surface area (Å²) in [7, 11) is 0. The van der Waals surface area contributed by atoms with Crippen LogP contribution in [0, 0.1) is 0 Å². The molecule has 1 aromatic carbocycles. The second-order valence-corrected chi connectivity index (χ2v) is 5.59. The van der Waals surface area contributed by atoms with Gasteiger partial charge in [0.1, 0.15) is 42.4 Å². The van der Waals surface area contributed by atoms with Crippen LogP contribution in [0.1, 0.15) is 11.7 Å². The molecule has 24 heavy (non-hydrogen) atoms. The lowest BCUT2D eigenvalue weighted by Crippen LogP contribution is -2.60. The molecule has 2 rings (SSSR count). The number of benzene rings is 1. The standard InChI is InChI=1S/C15H22O9/c16-5-9(11(19)7-1-3-8(18)4-2-7)23-15-14(22)13(21)12(20)10(6-17)24-15/h1-4,9-22H,5-6H2. The molecule has 1 aliphatic heterocycles. The summed E-state index contributed by atoms with van der Waals surface area (Å²) in [4.78, 5) is 0. The van der Waals surface area contributed by atoms with Crippen LogP contribution in [0.4, 0.5) is 0 Å². The van der Waals surface area contributed by atoms with Crippen LogP contribution in [0.3, 0.4) is 0 Å². The summed E-state index contributed by atoms with van der Waals surface area (Å²) >= 11 is 0. The van der Waals surface area contributed by atoms with Gasteiger partial charge in [0.25, 0.3) is 0 Å². The van der Waals surface area contributed by atoms with E-state index in [2.05, 4.69) is 0 Å². The number of aromatic hydroxyl groups is 1. The van der Waals surface area contributed by atoms with E-state index in [4.69, 9.17) is 14.6 Å². The van der Waals surface area contributed by atoms with E-state index in [1.165, 1.54) is 24.3 Å². The molecule has 0 spiro atoms. The monoisotopic (exact) mass is 346 g/mol. The van der Waals surface area contributed by atoms with Gasteiger partial charge in [-0.25, -0.2) is 0 Å². The molecule has 0 aliphatic carbocycles. The van der Waals surface area contributed by atoms with Gasteiger partial charge in [-0.1, -0.05) is 12.1 Å². The van der Waals surface area contributed by atoms with Gasteiger partial charge in [-0.3, -0.25) is 0 Å². The number of ether oxygens (including phenoxy) is 2. The van der Waals surface area contributed by atoms with E-state index in [9.17, 15) is 30.6 Å². The summed E-state index contributed by atoms with van der Waals surface area (Å²) < 4.78 is 10.5. The van der Waals surface area contributed by atoms with Crippen molar-refractivity contribution in [2.75, 3.05) is 13.2 Å². The zero-order valence-corrected chi connectivity index (χ0v) is 12.7. The van der Waals surface area contributed by atoms with Crippen LogP contribution in [0.25, 0.3) is 0 Å². The van der Waals surface area contributed by atoms with Gasteiger partial charge >= 0.3 is 0 Å². The number of hydrogen-bond donors (Lipinski definition) is 7. The molecular formula is C15H22O9. The van der Waals surface area contributed by atoms with Crippen LogP contribution in [0.2, 0.25) is 0 Å². The number of aliphatic hydroxyl groups excluding tert-OH is 6. The highest BCUT2D eigenvalue weighted by molar-refractivity contribution is 5.27. The average molecular weight is 346 g/mol. The van der Waals surface area contributed by atoms with Crippen LogP contribution < -0.4 is 0 Å². The van der Waals surface area contributed by atoms with Crippen molar-refractivity contribution >= 4 is 0 Å². The topological polar surface area (TPSA) is 160 Å². The van der Waals surface area contributed by atoms with Gasteiger partial charge in [-0.05, 0) is 17.7 Å². The SMILES string of the molecule is OCC(OC1OC(CO)C(O)C(O)C1O)C(O)c1ccc(O)cc1. The van der Waals surface area contributed by atoms with Crippen LogP contribution in [-0.4, -0.2) is 85.8 Å². The van der Waals surface area contributed by atoms with E-state index in [-0.39, 0.29) is 5.75 Å². The van der Waals surface area contributed by atoms with Crippen molar-refractivity contribution in [3.05, 3.63) is 29.8 Å². The Morgan fingerprint density at radius 2 is 1.62 bits per heavy atom. The Hall–Kier alpha value is -1.30. The number of rotatable bonds is 6. The number of aliphatic hydroxyl groups is 6. The predicted molar refractivity (Wildman–Crippen MR) is 78.8 cm³/mol. The molecule has 0 amide bonds. The predicted octanol–water partition coefficient (Wildman–Crippen LogP) is -2.40. The third kappa shape index (κ3) is 4.02. The first-order chi connectivity index (χ1) is 11.4. The van der Waals surface area contributed by atoms with E-state index < -0.39 is 56.1 Å². The second-order valence-electron chi connectivity index (χ2n) is 5.59. The molecule has 7 atom stereocenters.